The van der Waals surface area contributed by atoms with E-state index in [9.17, 15) is 34.8 Å². The maximum atomic E-state index is 13.1. The number of nitrogens with one attached hydrogen (secondary N) is 2. The van der Waals surface area contributed by atoms with Crippen LogP contribution in [0.25, 0.3) is 0 Å². The predicted molar refractivity (Wildman–Crippen MR) is 135 cm³/mol. The quantitative estimate of drug-likeness (QED) is 0.424. The Labute approximate surface area is 213 Å². The zero-order valence-electron chi connectivity index (χ0n) is 20.0. The molecule has 0 spiro atoms. The fourth-order valence-corrected chi connectivity index (χ4v) is 5.20. The minimum Gasteiger partial charge on any atom is -0.325 e. The fourth-order valence-electron chi connectivity index (χ4n) is 3.30. The molecular formula is C24H24F3N3O5S2. The Kier molecular flexibility index (Phi) is 7.89. The van der Waals surface area contributed by atoms with Gasteiger partial charge in [-0.25, -0.2) is 16.8 Å². The summed E-state index contributed by atoms with van der Waals surface area (Å²) < 4.78 is 92.0. The van der Waals surface area contributed by atoms with Crippen LogP contribution in [-0.2, 0) is 31.0 Å². The summed E-state index contributed by atoms with van der Waals surface area (Å²) >= 11 is 0. The molecule has 37 heavy (non-hydrogen) atoms. The van der Waals surface area contributed by atoms with Crippen molar-refractivity contribution in [1.82, 2.24) is 0 Å². The molecule has 0 aliphatic heterocycles. The standard InChI is InChI=1S/C24H24F3N3O5S2/c1-16-7-8-20(13-17(16)2)29-37(34,35)22-11-9-19(10-12-22)28-23(31)15-30(36(3,32)33)21-6-4-5-18(14-21)24(25,26)27/h4-14,29H,15H2,1-3H3,(H,28,31). The molecule has 0 aliphatic carbocycles. The zero-order chi connectivity index (χ0) is 27.6. The molecule has 1 amide bonds. The average Bonchev–Trinajstić information content (AvgIpc) is 2.79. The zero-order valence-corrected chi connectivity index (χ0v) is 21.6. The molecule has 0 fully saturated rings. The van der Waals surface area contributed by atoms with E-state index in [1.807, 2.05) is 13.8 Å². The Morgan fingerprint density at radius 2 is 1.49 bits per heavy atom. The summed E-state index contributed by atoms with van der Waals surface area (Å²) in [4.78, 5) is 12.5. The summed E-state index contributed by atoms with van der Waals surface area (Å²) in [5.74, 6) is -0.841. The van der Waals surface area contributed by atoms with Crippen molar-refractivity contribution in [2.24, 2.45) is 0 Å². The van der Waals surface area contributed by atoms with Gasteiger partial charge in [-0.05, 0) is 79.6 Å². The number of rotatable bonds is 8. The summed E-state index contributed by atoms with van der Waals surface area (Å²) in [5.41, 5.74) is 1.07. The third kappa shape index (κ3) is 7.23. The van der Waals surface area contributed by atoms with Crippen LogP contribution in [0.5, 0.6) is 0 Å². The van der Waals surface area contributed by atoms with Crippen LogP contribution in [0, 0.1) is 13.8 Å². The Bertz CT molecular complexity index is 1520. The lowest BCUT2D eigenvalue weighted by Gasteiger charge is -2.23. The van der Waals surface area contributed by atoms with Crippen LogP contribution in [0.15, 0.2) is 71.6 Å². The van der Waals surface area contributed by atoms with Gasteiger partial charge in [0.25, 0.3) is 10.0 Å². The number of aryl methyl sites for hydroxylation is 2. The third-order valence-electron chi connectivity index (χ3n) is 5.36. The molecule has 0 radical (unpaired) electrons. The van der Waals surface area contributed by atoms with Crippen molar-refractivity contribution in [3.8, 4) is 0 Å². The summed E-state index contributed by atoms with van der Waals surface area (Å²) in [5, 5.41) is 2.42. The van der Waals surface area contributed by atoms with Crippen molar-refractivity contribution in [3.63, 3.8) is 0 Å². The van der Waals surface area contributed by atoms with Gasteiger partial charge in [0.2, 0.25) is 15.9 Å². The van der Waals surface area contributed by atoms with Gasteiger partial charge >= 0.3 is 6.18 Å². The van der Waals surface area contributed by atoms with Gasteiger partial charge in [-0.15, -0.1) is 0 Å². The average molecular weight is 556 g/mol. The Morgan fingerprint density at radius 1 is 0.865 bits per heavy atom. The lowest BCUT2D eigenvalue weighted by atomic mass is 10.1. The number of amides is 1. The molecule has 0 aromatic heterocycles. The van der Waals surface area contributed by atoms with Crippen LogP contribution in [0.1, 0.15) is 16.7 Å². The monoisotopic (exact) mass is 555 g/mol. The second-order valence-electron chi connectivity index (χ2n) is 8.29. The molecule has 3 rings (SSSR count). The molecule has 2 N–H and O–H groups in total. The van der Waals surface area contributed by atoms with Crippen LogP contribution >= 0.6 is 0 Å². The van der Waals surface area contributed by atoms with E-state index in [0.29, 0.717) is 16.1 Å². The lowest BCUT2D eigenvalue weighted by molar-refractivity contribution is -0.137. The molecule has 0 bridgehead atoms. The number of carbonyl (C=O) groups is 1. The number of halogens is 3. The first-order valence-electron chi connectivity index (χ1n) is 10.7. The highest BCUT2D eigenvalue weighted by Gasteiger charge is 2.32. The molecule has 3 aromatic carbocycles. The Balaban J connectivity index is 1.74. The molecule has 0 atom stereocenters. The molecule has 8 nitrogen and oxygen atoms in total. The van der Waals surface area contributed by atoms with Gasteiger partial charge in [0.05, 0.1) is 22.4 Å². The predicted octanol–water partition coefficient (Wildman–Crippen LogP) is 4.53. The molecule has 13 heteroatoms. The highest BCUT2D eigenvalue weighted by atomic mass is 32.2. The van der Waals surface area contributed by atoms with E-state index in [0.717, 1.165) is 35.6 Å². The van der Waals surface area contributed by atoms with Crippen molar-refractivity contribution in [3.05, 3.63) is 83.4 Å². The SMILES string of the molecule is Cc1ccc(NS(=O)(=O)c2ccc(NC(=O)CN(c3cccc(C(F)(F)F)c3)S(C)(=O)=O)cc2)cc1C. The lowest BCUT2D eigenvalue weighted by Crippen LogP contribution is -2.37. The smallest absolute Gasteiger partial charge is 0.325 e. The number of benzene rings is 3. The highest BCUT2D eigenvalue weighted by molar-refractivity contribution is 7.92. The number of hydrogen-bond acceptors (Lipinski definition) is 5. The van der Waals surface area contributed by atoms with Gasteiger partial charge in [0.1, 0.15) is 6.54 Å². The largest absolute Gasteiger partial charge is 0.416 e. The summed E-state index contributed by atoms with van der Waals surface area (Å²) in [6.07, 6.45) is -3.93. The maximum Gasteiger partial charge on any atom is 0.416 e. The number of anilines is 3. The molecule has 0 heterocycles. The molecule has 0 unspecified atom stereocenters. The van der Waals surface area contributed by atoms with Gasteiger partial charge < -0.3 is 5.32 Å². The minimum absolute atomic E-state index is 0.0783. The van der Waals surface area contributed by atoms with Crippen LogP contribution in [-0.4, -0.2) is 35.5 Å². The first-order chi connectivity index (χ1) is 17.1. The van der Waals surface area contributed by atoms with Gasteiger partial charge in [0, 0.05) is 11.4 Å². The Morgan fingerprint density at radius 3 is 2.05 bits per heavy atom. The second-order valence-corrected chi connectivity index (χ2v) is 11.9. The third-order valence-corrected chi connectivity index (χ3v) is 7.89. The van der Waals surface area contributed by atoms with Crippen LogP contribution in [0.3, 0.4) is 0 Å². The van der Waals surface area contributed by atoms with E-state index in [2.05, 4.69) is 10.0 Å². The summed E-state index contributed by atoms with van der Waals surface area (Å²) in [6.45, 7) is 2.95. The van der Waals surface area contributed by atoms with Crippen LogP contribution in [0.2, 0.25) is 0 Å². The van der Waals surface area contributed by atoms with Crippen molar-refractivity contribution in [2.75, 3.05) is 27.1 Å². The summed E-state index contributed by atoms with van der Waals surface area (Å²) in [7, 11) is -8.03. The highest BCUT2D eigenvalue weighted by Crippen LogP contribution is 2.32. The first-order valence-corrected chi connectivity index (χ1v) is 14.0. The molecule has 0 saturated carbocycles. The van der Waals surface area contributed by atoms with Gasteiger partial charge in [-0.1, -0.05) is 12.1 Å². The van der Waals surface area contributed by atoms with Crippen molar-refractivity contribution in [2.45, 2.75) is 24.9 Å². The molecule has 0 saturated heterocycles. The molecule has 198 valence electrons. The van der Waals surface area contributed by atoms with E-state index < -0.39 is 44.2 Å². The first kappa shape index (κ1) is 28.0. The van der Waals surface area contributed by atoms with Crippen LogP contribution in [0.4, 0.5) is 30.2 Å². The number of carbonyl (C=O) groups excluding carboxylic acids is 1. The van der Waals surface area contributed by atoms with Gasteiger partial charge in [-0.3, -0.25) is 13.8 Å². The normalized spacial score (nSPS) is 12.2. The van der Waals surface area contributed by atoms with Crippen molar-refractivity contribution < 1.29 is 34.8 Å². The topological polar surface area (TPSA) is 113 Å². The fraction of sp³-hybridized carbons (Fsp3) is 0.208. The van der Waals surface area contributed by atoms with E-state index in [1.54, 1.807) is 18.2 Å². The number of sulfonamides is 2. The molecular weight excluding hydrogens is 531 g/mol. The number of nitrogens with zero attached hydrogens (tertiary/aromatic N) is 1. The minimum atomic E-state index is -4.70. The Hall–Kier alpha value is -3.58. The van der Waals surface area contributed by atoms with E-state index in [1.165, 1.54) is 24.3 Å². The van der Waals surface area contributed by atoms with Crippen molar-refractivity contribution in [1.29, 1.82) is 0 Å². The number of hydrogen-bond donors (Lipinski definition) is 2. The van der Waals surface area contributed by atoms with E-state index in [4.69, 9.17) is 0 Å². The van der Waals surface area contributed by atoms with E-state index >= 15 is 0 Å². The van der Waals surface area contributed by atoms with Crippen LogP contribution < -0.4 is 14.3 Å². The molecule has 0 aliphatic rings. The maximum absolute atomic E-state index is 13.1. The van der Waals surface area contributed by atoms with Crippen molar-refractivity contribution >= 4 is 43.0 Å². The van der Waals surface area contributed by atoms with Gasteiger partial charge in [0.15, 0.2) is 0 Å². The second kappa shape index (κ2) is 10.4. The summed E-state index contributed by atoms with van der Waals surface area (Å²) in [6, 6.07) is 13.8. The number of alkyl halides is 3. The van der Waals surface area contributed by atoms with E-state index in [-0.39, 0.29) is 16.3 Å². The molecule has 3 aromatic rings. The van der Waals surface area contributed by atoms with Gasteiger partial charge in [-0.2, -0.15) is 13.2 Å².